The number of benzene rings is 1. The summed E-state index contributed by atoms with van der Waals surface area (Å²) in [6, 6.07) is 6.78. The Balaban J connectivity index is 1.76. The Morgan fingerprint density at radius 2 is 2.24 bits per heavy atom. The van der Waals surface area contributed by atoms with Crippen LogP contribution in [0.25, 0.3) is 0 Å². The predicted octanol–water partition coefficient (Wildman–Crippen LogP) is 2.85. The zero-order valence-corrected chi connectivity index (χ0v) is 12.6. The van der Waals surface area contributed by atoms with E-state index in [0.717, 1.165) is 31.6 Å². The van der Waals surface area contributed by atoms with Gasteiger partial charge in [-0.2, -0.15) is 0 Å². The molecule has 0 amide bonds. The van der Waals surface area contributed by atoms with Gasteiger partial charge in [-0.15, -0.1) is 11.3 Å². The summed E-state index contributed by atoms with van der Waals surface area (Å²) in [5, 5.41) is 12.4. The second-order valence-electron chi connectivity index (χ2n) is 5.52. The van der Waals surface area contributed by atoms with Crippen LogP contribution in [0.2, 0.25) is 0 Å². The number of aromatic nitrogens is 1. The van der Waals surface area contributed by atoms with E-state index >= 15 is 0 Å². The van der Waals surface area contributed by atoms with E-state index in [2.05, 4.69) is 9.88 Å². The van der Waals surface area contributed by atoms with E-state index in [1.165, 1.54) is 6.07 Å². The molecule has 1 aromatic heterocycles. The topological polar surface area (TPSA) is 36.4 Å². The van der Waals surface area contributed by atoms with Crippen molar-refractivity contribution in [2.75, 3.05) is 6.54 Å². The van der Waals surface area contributed by atoms with Gasteiger partial charge in [0.05, 0.1) is 17.3 Å². The van der Waals surface area contributed by atoms with Gasteiger partial charge in [0.1, 0.15) is 5.82 Å². The SMILES string of the molecule is O[C@H]1CCCN(Cc2cscn2)[C@H]1Cc1ccccc1F. The molecule has 5 heteroatoms. The van der Waals surface area contributed by atoms with Gasteiger partial charge in [-0.25, -0.2) is 9.37 Å². The molecule has 2 heterocycles. The standard InChI is InChI=1S/C16H19FN2OS/c17-14-5-2-1-4-12(14)8-15-16(20)6-3-7-19(15)9-13-10-21-11-18-13/h1-2,4-5,10-11,15-16,20H,3,6-9H2/t15-,16-/m0/s1. The number of likely N-dealkylation sites (tertiary alicyclic amines) is 1. The molecule has 1 saturated heterocycles. The number of hydrogen-bond acceptors (Lipinski definition) is 4. The maximum atomic E-state index is 13.9. The van der Waals surface area contributed by atoms with Crippen molar-refractivity contribution in [2.24, 2.45) is 0 Å². The number of nitrogens with zero attached hydrogens (tertiary/aromatic N) is 2. The van der Waals surface area contributed by atoms with Crippen LogP contribution in [-0.2, 0) is 13.0 Å². The minimum atomic E-state index is -0.406. The Hall–Kier alpha value is -1.30. The molecule has 3 rings (SSSR count). The molecule has 0 saturated carbocycles. The van der Waals surface area contributed by atoms with Crippen LogP contribution < -0.4 is 0 Å². The molecule has 1 fully saturated rings. The van der Waals surface area contributed by atoms with Crippen LogP contribution >= 0.6 is 11.3 Å². The molecule has 2 aromatic rings. The lowest BCUT2D eigenvalue weighted by atomic mass is 9.92. The maximum absolute atomic E-state index is 13.9. The van der Waals surface area contributed by atoms with E-state index in [0.29, 0.717) is 12.0 Å². The summed E-state index contributed by atoms with van der Waals surface area (Å²) in [6.07, 6.45) is 1.89. The summed E-state index contributed by atoms with van der Waals surface area (Å²) >= 11 is 1.58. The Bertz CT molecular complexity index is 575. The quantitative estimate of drug-likeness (QED) is 0.943. The Morgan fingerprint density at radius 1 is 1.38 bits per heavy atom. The first-order chi connectivity index (χ1) is 10.2. The molecular weight excluding hydrogens is 287 g/mol. The fourth-order valence-corrected chi connectivity index (χ4v) is 3.53. The van der Waals surface area contributed by atoms with Gasteiger partial charge < -0.3 is 5.11 Å². The Labute approximate surface area is 128 Å². The van der Waals surface area contributed by atoms with Crippen LogP contribution in [0.5, 0.6) is 0 Å². The normalized spacial score (nSPS) is 23.3. The summed E-state index contributed by atoms with van der Waals surface area (Å²) in [4.78, 5) is 6.55. The molecule has 0 bridgehead atoms. The second kappa shape index (κ2) is 6.64. The van der Waals surface area contributed by atoms with Gasteiger partial charge >= 0.3 is 0 Å². The van der Waals surface area contributed by atoms with Crippen molar-refractivity contribution in [1.29, 1.82) is 0 Å². The molecule has 0 aliphatic carbocycles. The van der Waals surface area contributed by atoms with E-state index in [1.807, 2.05) is 17.0 Å². The Morgan fingerprint density at radius 3 is 3.00 bits per heavy atom. The highest BCUT2D eigenvalue weighted by Crippen LogP contribution is 2.24. The number of hydrogen-bond donors (Lipinski definition) is 1. The van der Waals surface area contributed by atoms with Crippen LogP contribution in [0.1, 0.15) is 24.1 Å². The highest BCUT2D eigenvalue weighted by Gasteiger charge is 2.31. The van der Waals surface area contributed by atoms with Crippen molar-refractivity contribution in [1.82, 2.24) is 9.88 Å². The molecule has 21 heavy (non-hydrogen) atoms. The summed E-state index contributed by atoms with van der Waals surface area (Å²) in [5.41, 5.74) is 3.51. The lowest BCUT2D eigenvalue weighted by molar-refractivity contribution is 0.00590. The van der Waals surface area contributed by atoms with E-state index in [1.54, 1.807) is 23.5 Å². The molecular formula is C16H19FN2OS. The molecule has 1 N–H and O–H groups in total. The van der Waals surface area contributed by atoms with Gasteiger partial charge in [-0.1, -0.05) is 18.2 Å². The second-order valence-corrected chi connectivity index (χ2v) is 6.24. The van der Waals surface area contributed by atoms with Crippen molar-refractivity contribution in [3.63, 3.8) is 0 Å². The average Bonchev–Trinajstić information content (AvgIpc) is 2.98. The predicted molar refractivity (Wildman–Crippen MR) is 81.7 cm³/mol. The van der Waals surface area contributed by atoms with E-state index in [9.17, 15) is 9.50 Å². The first kappa shape index (κ1) is 14.6. The number of thiazole rings is 1. The third kappa shape index (κ3) is 3.48. The molecule has 0 unspecified atom stereocenters. The zero-order valence-electron chi connectivity index (χ0n) is 11.8. The van der Waals surface area contributed by atoms with Crippen LogP contribution in [0.4, 0.5) is 4.39 Å². The molecule has 3 nitrogen and oxygen atoms in total. The average molecular weight is 306 g/mol. The first-order valence-electron chi connectivity index (χ1n) is 7.26. The van der Waals surface area contributed by atoms with Crippen LogP contribution in [0, 0.1) is 5.82 Å². The minimum absolute atomic E-state index is 0.0441. The minimum Gasteiger partial charge on any atom is -0.391 e. The first-order valence-corrected chi connectivity index (χ1v) is 8.21. The highest BCUT2D eigenvalue weighted by molar-refractivity contribution is 7.07. The van der Waals surface area contributed by atoms with E-state index in [-0.39, 0.29) is 11.9 Å². The van der Waals surface area contributed by atoms with Gasteiger partial charge in [0, 0.05) is 18.0 Å². The van der Waals surface area contributed by atoms with Crippen LogP contribution in [-0.4, -0.2) is 33.7 Å². The van der Waals surface area contributed by atoms with Crippen molar-refractivity contribution >= 4 is 11.3 Å². The number of halogens is 1. The number of piperidine rings is 1. The molecule has 1 aliphatic heterocycles. The fraction of sp³-hybridized carbons (Fsp3) is 0.438. The molecule has 112 valence electrons. The van der Waals surface area contributed by atoms with Crippen molar-refractivity contribution in [3.8, 4) is 0 Å². The third-order valence-electron chi connectivity index (χ3n) is 4.09. The van der Waals surface area contributed by atoms with Crippen LogP contribution in [0.3, 0.4) is 0 Å². The van der Waals surface area contributed by atoms with Gasteiger partial charge in [-0.3, -0.25) is 4.90 Å². The fourth-order valence-electron chi connectivity index (χ4n) is 2.98. The zero-order chi connectivity index (χ0) is 14.7. The maximum Gasteiger partial charge on any atom is 0.126 e. The number of rotatable bonds is 4. The molecule has 1 aliphatic rings. The monoisotopic (exact) mass is 306 g/mol. The summed E-state index contributed by atoms with van der Waals surface area (Å²) in [7, 11) is 0. The van der Waals surface area contributed by atoms with Gasteiger partial charge in [0.2, 0.25) is 0 Å². The molecule has 0 radical (unpaired) electrons. The smallest absolute Gasteiger partial charge is 0.126 e. The summed E-state index contributed by atoms with van der Waals surface area (Å²) in [5.74, 6) is -0.191. The van der Waals surface area contributed by atoms with Gasteiger partial charge in [0.15, 0.2) is 0 Å². The molecule has 1 aromatic carbocycles. The number of aliphatic hydroxyl groups excluding tert-OH is 1. The highest BCUT2D eigenvalue weighted by atomic mass is 32.1. The number of aliphatic hydroxyl groups is 1. The Kier molecular flexibility index (Phi) is 4.63. The van der Waals surface area contributed by atoms with Gasteiger partial charge in [0.25, 0.3) is 0 Å². The third-order valence-corrected chi connectivity index (χ3v) is 4.73. The largest absolute Gasteiger partial charge is 0.391 e. The summed E-state index contributed by atoms with van der Waals surface area (Å²) in [6.45, 7) is 1.65. The van der Waals surface area contributed by atoms with Gasteiger partial charge in [-0.05, 0) is 37.4 Å². The van der Waals surface area contributed by atoms with Crippen molar-refractivity contribution in [3.05, 3.63) is 52.2 Å². The summed E-state index contributed by atoms with van der Waals surface area (Å²) < 4.78 is 13.9. The molecule has 2 atom stereocenters. The van der Waals surface area contributed by atoms with E-state index < -0.39 is 6.10 Å². The van der Waals surface area contributed by atoms with Crippen molar-refractivity contribution in [2.45, 2.75) is 38.0 Å². The molecule has 0 spiro atoms. The van der Waals surface area contributed by atoms with E-state index in [4.69, 9.17) is 0 Å². The van der Waals surface area contributed by atoms with Crippen LogP contribution in [0.15, 0.2) is 35.2 Å². The van der Waals surface area contributed by atoms with Crippen molar-refractivity contribution < 1.29 is 9.50 Å². The lowest BCUT2D eigenvalue weighted by Gasteiger charge is -2.39. The lowest BCUT2D eigenvalue weighted by Crippen LogP contribution is -2.49.